The summed E-state index contributed by atoms with van der Waals surface area (Å²) in [7, 11) is 0.0681. The molecule has 0 aromatic heterocycles. The maximum absolute atomic E-state index is 5.16. The molecule has 0 amide bonds. The summed E-state index contributed by atoms with van der Waals surface area (Å²) in [5.74, 6) is 1.02. The number of para-hydroxylation sites is 1. The van der Waals surface area contributed by atoms with Gasteiger partial charge in [-0.25, -0.2) is 0 Å². The van der Waals surface area contributed by atoms with Gasteiger partial charge in [-0.15, -0.1) is 0 Å². The molecule has 0 aliphatic heterocycles. The SMILES string of the molecule is [BH3-]Oc1ccccc1. The molecule has 1 aromatic carbocycles. The van der Waals surface area contributed by atoms with Gasteiger partial charge in [-0.05, 0) is 12.1 Å². The quantitative estimate of drug-likeness (QED) is 0.470. The van der Waals surface area contributed by atoms with Crippen molar-refractivity contribution in [1.29, 1.82) is 0 Å². The minimum absolute atomic E-state index is 0.0681. The topological polar surface area (TPSA) is 9.23 Å². The minimum Gasteiger partial charge on any atom is -0.721 e. The van der Waals surface area contributed by atoms with Crippen molar-refractivity contribution in [3.63, 3.8) is 0 Å². The largest absolute Gasteiger partial charge is 0.721 e. The van der Waals surface area contributed by atoms with Crippen LogP contribution >= 0.6 is 0 Å². The molecule has 8 heavy (non-hydrogen) atoms. The van der Waals surface area contributed by atoms with Crippen LogP contribution < -0.4 is 4.65 Å². The van der Waals surface area contributed by atoms with Gasteiger partial charge in [-0.1, -0.05) is 18.2 Å². The summed E-state index contributed by atoms with van der Waals surface area (Å²) in [6.45, 7) is 0. The van der Waals surface area contributed by atoms with E-state index in [4.69, 9.17) is 4.65 Å². The third-order valence-electron chi connectivity index (χ3n) is 0.743. The molecule has 42 valence electrons. The van der Waals surface area contributed by atoms with Gasteiger partial charge in [0, 0.05) is 0 Å². The zero-order chi connectivity index (χ0) is 5.82. The lowest BCUT2D eigenvalue weighted by Crippen LogP contribution is -1.81. The van der Waals surface area contributed by atoms with Gasteiger partial charge in [-0.3, -0.25) is 0 Å². The van der Waals surface area contributed by atoms with Crippen molar-refractivity contribution in [1.82, 2.24) is 0 Å². The predicted octanol–water partition coefficient (Wildman–Crippen LogP) is 0.346. The van der Waals surface area contributed by atoms with Crippen LogP contribution in [0.3, 0.4) is 0 Å². The van der Waals surface area contributed by atoms with E-state index in [1.165, 1.54) is 0 Å². The average Bonchev–Trinajstić information content (AvgIpc) is 1.90. The fourth-order valence-electron chi connectivity index (χ4n) is 0.420. The summed E-state index contributed by atoms with van der Waals surface area (Å²) >= 11 is 0. The number of hydrogen-bond donors (Lipinski definition) is 0. The van der Waals surface area contributed by atoms with Crippen molar-refractivity contribution in [2.75, 3.05) is 0 Å². The number of benzene rings is 1. The first-order valence-electron chi connectivity index (χ1n) is 2.11. The maximum atomic E-state index is 5.16. The number of rotatable bonds is 1. The summed E-state index contributed by atoms with van der Waals surface area (Å²) in [4.78, 5) is 0. The molecule has 0 spiro atoms. The van der Waals surface area contributed by atoms with Crippen molar-refractivity contribution in [2.45, 2.75) is 0 Å². The lowest BCUT2D eigenvalue weighted by atomic mass is 10.3. The molecule has 0 fully saturated rings. The Bertz CT molecular complexity index is 150. The molecular formula is C6H8BO-. The molecule has 0 radical (unpaired) electrons. The zero-order valence-electron chi connectivity index (χ0n) is 3.79. The Morgan fingerprint density at radius 2 is 1.75 bits per heavy atom. The van der Waals surface area contributed by atoms with E-state index in [1.54, 1.807) is 0 Å². The molecule has 0 saturated heterocycles. The minimum atomic E-state index is 0.0681. The van der Waals surface area contributed by atoms with E-state index in [0.717, 1.165) is 5.75 Å². The standard InChI is InChI=1S/C6H8BO/c7-8-6-4-2-1-3-5-6/h1-5H,7H3/q-1. The van der Waals surface area contributed by atoms with Crippen molar-refractivity contribution < 1.29 is 4.65 Å². The predicted molar refractivity (Wildman–Crippen MR) is 37.0 cm³/mol. The van der Waals surface area contributed by atoms with Gasteiger partial charge in [0.1, 0.15) is 8.05 Å². The summed E-state index contributed by atoms with van der Waals surface area (Å²) in [6.07, 6.45) is 0. The molecule has 0 atom stereocenters. The monoisotopic (exact) mass is 107 g/mol. The van der Waals surface area contributed by atoms with Crippen LogP contribution in [0.5, 0.6) is 5.75 Å². The fraction of sp³-hybridized carbons (Fsp3) is 0. The van der Waals surface area contributed by atoms with Crippen LogP contribution in [-0.4, -0.2) is 8.05 Å². The van der Waals surface area contributed by atoms with E-state index in [0.29, 0.717) is 0 Å². The first-order valence-corrected chi connectivity index (χ1v) is 2.11. The third-order valence-corrected chi connectivity index (χ3v) is 0.743. The smallest absolute Gasteiger partial charge is 0.120 e. The fourth-order valence-corrected chi connectivity index (χ4v) is 0.420. The van der Waals surface area contributed by atoms with Crippen LogP contribution in [0.2, 0.25) is 0 Å². The molecule has 0 bridgehead atoms. The van der Waals surface area contributed by atoms with E-state index in [-0.39, 0.29) is 8.05 Å². The van der Waals surface area contributed by atoms with Gasteiger partial charge in [0.2, 0.25) is 0 Å². The van der Waals surface area contributed by atoms with Gasteiger partial charge in [0.05, 0.1) is 5.75 Å². The summed E-state index contributed by atoms with van der Waals surface area (Å²) in [6, 6.07) is 9.91. The maximum Gasteiger partial charge on any atom is 0.120 e. The van der Waals surface area contributed by atoms with Crippen LogP contribution in [0, 0.1) is 0 Å². The Balaban J connectivity index is 2.83. The van der Waals surface area contributed by atoms with Crippen LogP contribution in [-0.2, 0) is 0 Å². The highest BCUT2D eigenvalue weighted by atomic mass is 16.4. The van der Waals surface area contributed by atoms with Crippen LogP contribution in [0.1, 0.15) is 0 Å². The van der Waals surface area contributed by atoms with E-state index >= 15 is 0 Å². The molecule has 1 nitrogen and oxygen atoms in total. The van der Waals surface area contributed by atoms with E-state index < -0.39 is 0 Å². The molecule has 1 rings (SSSR count). The zero-order valence-corrected chi connectivity index (χ0v) is 3.79. The Labute approximate surface area is 49.7 Å². The third kappa shape index (κ3) is 1.03. The molecule has 0 aliphatic carbocycles. The Hall–Kier alpha value is -0.915. The highest BCUT2D eigenvalue weighted by Crippen LogP contribution is 2.05. The summed E-state index contributed by atoms with van der Waals surface area (Å²) < 4.78 is 5.16. The van der Waals surface area contributed by atoms with Gasteiger partial charge >= 0.3 is 0 Å². The van der Waals surface area contributed by atoms with Gasteiger partial charge < -0.3 is 4.65 Å². The van der Waals surface area contributed by atoms with Gasteiger partial charge in [0.25, 0.3) is 0 Å². The molecule has 0 N–H and O–H groups in total. The lowest BCUT2D eigenvalue weighted by molar-refractivity contribution is 0.616. The van der Waals surface area contributed by atoms with Crippen molar-refractivity contribution in [3.8, 4) is 5.75 Å². The average molecular weight is 107 g/mol. The van der Waals surface area contributed by atoms with Crippen molar-refractivity contribution >= 4 is 8.05 Å². The van der Waals surface area contributed by atoms with Crippen LogP contribution in [0.25, 0.3) is 0 Å². The molecule has 0 aliphatic rings. The summed E-state index contributed by atoms with van der Waals surface area (Å²) in [5, 5.41) is 0. The second-order valence-corrected chi connectivity index (χ2v) is 1.31. The highest BCUT2D eigenvalue weighted by molar-refractivity contribution is 5.99. The second kappa shape index (κ2) is 2.41. The molecule has 0 saturated carbocycles. The van der Waals surface area contributed by atoms with E-state index in [2.05, 4.69) is 0 Å². The molecule has 2 heteroatoms. The Kier molecular flexibility index (Phi) is 1.57. The highest BCUT2D eigenvalue weighted by Gasteiger charge is 1.76. The molecular weight excluding hydrogens is 98.9 g/mol. The van der Waals surface area contributed by atoms with Gasteiger partial charge in [0.15, 0.2) is 0 Å². The first kappa shape index (κ1) is 5.23. The van der Waals surface area contributed by atoms with E-state index in [9.17, 15) is 0 Å². The van der Waals surface area contributed by atoms with Crippen LogP contribution in [0.4, 0.5) is 0 Å². The second-order valence-electron chi connectivity index (χ2n) is 1.31. The van der Waals surface area contributed by atoms with E-state index in [1.807, 2.05) is 30.3 Å². The van der Waals surface area contributed by atoms with Crippen molar-refractivity contribution in [2.24, 2.45) is 0 Å². The van der Waals surface area contributed by atoms with Crippen LogP contribution in [0.15, 0.2) is 30.3 Å². The molecule has 0 heterocycles. The normalized spacial score (nSPS) is 8.62. The van der Waals surface area contributed by atoms with Crippen molar-refractivity contribution in [3.05, 3.63) is 30.3 Å². The Morgan fingerprint density at radius 1 is 1.12 bits per heavy atom. The summed E-state index contributed by atoms with van der Waals surface area (Å²) in [5.41, 5.74) is 0. The lowest BCUT2D eigenvalue weighted by Gasteiger charge is -2.02. The Morgan fingerprint density at radius 3 is 2.12 bits per heavy atom. The van der Waals surface area contributed by atoms with Gasteiger partial charge in [-0.2, -0.15) is 0 Å². The molecule has 1 aromatic rings. The molecule has 0 unspecified atom stereocenters. The first-order chi connectivity index (χ1) is 3.93. The number of hydrogen-bond acceptors (Lipinski definition) is 1.